The van der Waals surface area contributed by atoms with Crippen LogP contribution in [0, 0.1) is 0 Å². The quantitative estimate of drug-likeness (QED) is 0.864. The van der Waals surface area contributed by atoms with Crippen LogP contribution in [0.3, 0.4) is 0 Å². The van der Waals surface area contributed by atoms with Gasteiger partial charge in [-0.3, -0.25) is 0 Å². The Labute approximate surface area is 132 Å². The van der Waals surface area contributed by atoms with E-state index in [1.54, 1.807) is 6.92 Å². The third-order valence-corrected chi connectivity index (χ3v) is 5.56. The number of ether oxygens (including phenoxy) is 1. The van der Waals surface area contributed by atoms with Crippen LogP contribution in [0.5, 0.6) is 0 Å². The maximum absolute atomic E-state index is 12.4. The molecular formula is C12H13Cl2NO5S. The molecule has 1 aliphatic rings. The van der Waals surface area contributed by atoms with E-state index in [0.29, 0.717) is 13.0 Å². The summed E-state index contributed by atoms with van der Waals surface area (Å²) in [6.07, 6.45) is 0.517. The van der Waals surface area contributed by atoms with Crippen molar-refractivity contribution in [3.05, 3.63) is 27.7 Å². The van der Waals surface area contributed by atoms with Crippen molar-refractivity contribution in [3.8, 4) is 0 Å². The van der Waals surface area contributed by atoms with Crippen LogP contribution < -0.4 is 4.72 Å². The Balaban J connectivity index is 2.44. The minimum absolute atomic E-state index is 0.123. The fourth-order valence-electron chi connectivity index (χ4n) is 2.03. The lowest BCUT2D eigenvalue weighted by atomic mass is 10.0. The molecule has 6 nitrogen and oxygen atoms in total. The highest BCUT2D eigenvalue weighted by atomic mass is 35.5. The van der Waals surface area contributed by atoms with Gasteiger partial charge in [-0.2, -0.15) is 0 Å². The Morgan fingerprint density at radius 1 is 1.38 bits per heavy atom. The first-order valence-corrected chi connectivity index (χ1v) is 8.23. The molecule has 116 valence electrons. The highest BCUT2D eigenvalue weighted by Gasteiger charge is 2.35. The summed E-state index contributed by atoms with van der Waals surface area (Å²) in [5.41, 5.74) is -1.07. The minimum Gasteiger partial charge on any atom is -0.478 e. The standard InChI is InChI=1S/C12H13Cl2NO5S/c1-12(2-3-20-6-12)15-21(18,19)10-4-7(11(16)17)8(13)5-9(10)14/h4-5,15H,2-3,6H2,1H3,(H,16,17). The fraction of sp³-hybridized carbons (Fsp3) is 0.417. The van der Waals surface area contributed by atoms with Crippen molar-refractivity contribution in [2.24, 2.45) is 0 Å². The molecule has 1 heterocycles. The van der Waals surface area contributed by atoms with Gasteiger partial charge in [0.05, 0.1) is 27.8 Å². The molecule has 1 aromatic rings. The summed E-state index contributed by atoms with van der Waals surface area (Å²) in [7, 11) is -3.99. The number of benzene rings is 1. The Morgan fingerprint density at radius 3 is 2.57 bits per heavy atom. The molecule has 1 aliphatic heterocycles. The van der Waals surface area contributed by atoms with E-state index < -0.39 is 21.5 Å². The zero-order valence-corrected chi connectivity index (χ0v) is 13.3. The van der Waals surface area contributed by atoms with Crippen molar-refractivity contribution >= 4 is 39.2 Å². The van der Waals surface area contributed by atoms with Gasteiger partial charge >= 0.3 is 5.97 Å². The van der Waals surface area contributed by atoms with E-state index in [1.165, 1.54) is 0 Å². The lowest BCUT2D eigenvalue weighted by Crippen LogP contribution is -2.46. The molecule has 0 saturated carbocycles. The molecule has 1 unspecified atom stereocenters. The molecule has 0 bridgehead atoms. The van der Waals surface area contributed by atoms with Gasteiger partial charge in [-0.05, 0) is 25.5 Å². The first kappa shape index (κ1) is 16.5. The molecule has 0 spiro atoms. The zero-order valence-electron chi connectivity index (χ0n) is 11.0. The molecule has 0 radical (unpaired) electrons. The molecule has 0 aromatic heterocycles. The first-order chi connectivity index (χ1) is 9.65. The number of carbonyl (C=O) groups is 1. The van der Waals surface area contributed by atoms with E-state index in [-0.39, 0.29) is 27.1 Å². The molecule has 9 heteroatoms. The van der Waals surface area contributed by atoms with E-state index >= 15 is 0 Å². The highest BCUT2D eigenvalue weighted by molar-refractivity contribution is 7.89. The number of hydrogen-bond acceptors (Lipinski definition) is 4. The number of nitrogens with one attached hydrogen (secondary N) is 1. The van der Waals surface area contributed by atoms with Gasteiger partial charge < -0.3 is 9.84 Å². The molecule has 2 rings (SSSR count). The summed E-state index contributed by atoms with van der Waals surface area (Å²) in [5.74, 6) is -1.33. The molecule has 0 amide bonds. The van der Waals surface area contributed by atoms with Gasteiger partial charge in [-0.1, -0.05) is 23.2 Å². The van der Waals surface area contributed by atoms with Gasteiger partial charge in [0.2, 0.25) is 10.0 Å². The second kappa shape index (κ2) is 5.73. The van der Waals surface area contributed by atoms with Crippen LogP contribution in [0.15, 0.2) is 17.0 Å². The van der Waals surface area contributed by atoms with E-state index in [9.17, 15) is 13.2 Å². The van der Waals surface area contributed by atoms with Crippen molar-refractivity contribution in [3.63, 3.8) is 0 Å². The maximum Gasteiger partial charge on any atom is 0.337 e. The van der Waals surface area contributed by atoms with Crippen molar-refractivity contribution in [2.75, 3.05) is 13.2 Å². The minimum atomic E-state index is -3.99. The summed E-state index contributed by atoms with van der Waals surface area (Å²) in [4.78, 5) is 10.7. The van der Waals surface area contributed by atoms with Crippen molar-refractivity contribution < 1.29 is 23.1 Å². The van der Waals surface area contributed by atoms with Gasteiger partial charge in [0.25, 0.3) is 0 Å². The molecule has 1 saturated heterocycles. The predicted molar refractivity (Wildman–Crippen MR) is 77.6 cm³/mol. The normalized spacial score (nSPS) is 22.4. The fourth-order valence-corrected chi connectivity index (χ4v) is 4.30. The third kappa shape index (κ3) is 3.49. The van der Waals surface area contributed by atoms with Crippen LogP contribution in [-0.4, -0.2) is 38.2 Å². The summed E-state index contributed by atoms with van der Waals surface area (Å²) < 4.78 is 32.5. The second-order valence-electron chi connectivity index (χ2n) is 5.04. The maximum atomic E-state index is 12.4. The Morgan fingerprint density at radius 2 is 2.05 bits per heavy atom. The Kier molecular flexibility index (Phi) is 4.51. The summed E-state index contributed by atoms with van der Waals surface area (Å²) in [6, 6.07) is 2.06. The molecule has 1 aromatic carbocycles. The van der Waals surface area contributed by atoms with Crippen molar-refractivity contribution in [1.82, 2.24) is 4.72 Å². The predicted octanol–water partition coefficient (Wildman–Crippen LogP) is 2.15. The zero-order chi connectivity index (χ0) is 15.8. The first-order valence-electron chi connectivity index (χ1n) is 5.99. The largest absolute Gasteiger partial charge is 0.478 e. The molecular weight excluding hydrogens is 341 g/mol. The lowest BCUT2D eigenvalue weighted by Gasteiger charge is -2.23. The van der Waals surface area contributed by atoms with E-state index in [4.69, 9.17) is 33.0 Å². The molecule has 2 N–H and O–H groups in total. The molecule has 21 heavy (non-hydrogen) atoms. The topological polar surface area (TPSA) is 92.7 Å². The van der Waals surface area contributed by atoms with E-state index in [2.05, 4.69) is 4.72 Å². The van der Waals surface area contributed by atoms with Crippen molar-refractivity contribution in [1.29, 1.82) is 0 Å². The summed E-state index contributed by atoms with van der Waals surface area (Å²) >= 11 is 11.6. The number of carboxylic acid groups (broad SMARTS) is 1. The van der Waals surface area contributed by atoms with Crippen LogP contribution in [0.25, 0.3) is 0 Å². The summed E-state index contributed by atoms with van der Waals surface area (Å²) in [6.45, 7) is 2.40. The van der Waals surface area contributed by atoms with Crippen molar-refractivity contribution in [2.45, 2.75) is 23.8 Å². The average molecular weight is 354 g/mol. The number of halogens is 2. The van der Waals surface area contributed by atoms with E-state index in [1.807, 2.05) is 0 Å². The molecule has 1 fully saturated rings. The lowest BCUT2D eigenvalue weighted by molar-refractivity contribution is 0.0697. The van der Waals surface area contributed by atoms with Gasteiger partial charge in [0.15, 0.2) is 0 Å². The number of sulfonamides is 1. The Hall–Kier alpha value is -0.860. The van der Waals surface area contributed by atoms with Gasteiger partial charge in [0.1, 0.15) is 4.90 Å². The SMILES string of the molecule is CC1(NS(=O)(=O)c2cc(C(=O)O)c(Cl)cc2Cl)CCOC1. The number of rotatable bonds is 4. The average Bonchev–Trinajstić information content (AvgIpc) is 2.73. The molecule has 1 atom stereocenters. The third-order valence-electron chi connectivity index (χ3n) is 3.14. The number of aromatic carboxylic acids is 1. The Bertz CT molecular complexity index is 683. The van der Waals surface area contributed by atoms with Crippen LogP contribution in [0.2, 0.25) is 10.0 Å². The van der Waals surface area contributed by atoms with Crippen LogP contribution in [0.1, 0.15) is 23.7 Å². The summed E-state index contributed by atoms with van der Waals surface area (Å²) in [5, 5.41) is 8.76. The number of hydrogen-bond donors (Lipinski definition) is 2. The highest BCUT2D eigenvalue weighted by Crippen LogP contribution is 2.30. The smallest absolute Gasteiger partial charge is 0.337 e. The van der Waals surface area contributed by atoms with Crippen LogP contribution in [0.4, 0.5) is 0 Å². The van der Waals surface area contributed by atoms with E-state index in [0.717, 1.165) is 12.1 Å². The van der Waals surface area contributed by atoms with Crippen LogP contribution in [-0.2, 0) is 14.8 Å². The van der Waals surface area contributed by atoms with Gasteiger partial charge in [0, 0.05) is 6.61 Å². The second-order valence-corrected chi connectivity index (χ2v) is 7.50. The monoisotopic (exact) mass is 353 g/mol. The van der Waals surface area contributed by atoms with Gasteiger partial charge in [-0.15, -0.1) is 0 Å². The molecule has 0 aliphatic carbocycles. The van der Waals surface area contributed by atoms with Gasteiger partial charge in [-0.25, -0.2) is 17.9 Å². The van der Waals surface area contributed by atoms with Crippen LogP contribution >= 0.6 is 23.2 Å². The number of carboxylic acids is 1.